The van der Waals surface area contributed by atoms with Crippen molar-refractivity contribution in [1.29, 1.82) is 0 Å². The smallest absolute Gasteiger partial charge is 0.337 e. The van der Waals surface area contributed by atoms with Gasteiger partial charge in [-0.1, -0.05) is 13.8 Å². The molecule has 0 aliphatic carbocycles. The summed E-state index contributed by atoms with van der Waals surface area (Å²) >= 11 is 0. The predicted molar refractivity (Wildman–Crippen MR) is 58.6 cm³/mol. The number of benzene rings is 1. The molecule has 0 amide bonds. The van der Waals surface area contributed by atoms with E-state index in [9.17, 15) is 9.18 Å². The summed E-state index contributed by atoms with van der Waals surface area (Å²) in [5.41, 5.74) is 1.57. The molecule has 0 radical (unpaired) electrons. The summed E-state index contributed by atoms with van der Waals surface area (Å²) in [6.45, 7) is 7.43. The summed E-state index contributed by atoms with van der Waals surface area (Å²) in [6.07, 6.45) is 0. The first-order valence-corrected chi connectivity index (χ1v) is 4.91. The molecule has 1 aromatic carbocycles. The van der Waals surface area contributed by atoms with Gasteiger partial charge >= 0.3 is 5.97 Å². The van der Waals surface area contributed by atoms with Crippen molar-refractivity contribution in [2.75, 3.05) is 7.11 Å². The highest BCUT2D eigenvalue weighted by Gasteiger charge is 2.09. The number of hydrogen-bond donors (Lipinski definition) is 0. The SMILES string of the molecule is CC.COC(=O)c1cc(C)c(C)c(F)c1. The van der Waals surface area contributed by atoms with Crippen LogP contribution in [0.15, 0.2) is 12.1 Å². The van der Waals surface area contributed by atoms with Crippen molar-refractivity contribution in [2.24, 2.45) is 0 Å². The standard InChI is InChI=1S/C10H11FO2.C2H6/c1-6-4-8(10(12)13-3)5-9(11)7(6)2;1-2/h4-5H,1-3H3;1-2H3. The molecule has 1 rings (SSSR count). The second-order valence-electron chi connectivity index (χ2n) is 2.89. The molecule has 0 fully saturated rings. The monoisotopic (exact) mass is 212 g/mol. The third kappa shape index (κ3) is 3.35. The van der Waals surface area contributed by atoms with Crippen LogP contribution in [0.3, 0.4) is 0 Å². The Morgan fingerprint density at radius 2 is 1.80 bits per heavy atom. The summed E-state index contributed by atoms with van der Waals surface area (Å²) in [7, 11) is 1.27. The van der Waals surface area contributed by atoms with Gasteiger partial charge in [-0.15, -0.1) is 0 Å². The normalized spacial score (nSPS) is 8.93. The van der Waals surface area contributed by atoms with Crippen molar-refractivity contribution in [3.63, 3.8) is 0 Å². The zero-order valence-corrected chi connectivity index (χ0v) is 9.85. The van der Waals surface area contributed by atoms with Crippen molar-refractivity contribution in [3.05, 3.63) is 34.6 Å². The van der Waals surface area contributed by atoms with E-state index in [-0.39, 0.29) is 11.4 Å². The van der Waals surface area contributed by atoms with Crippen LogP contribution in [0.1, 0.15) is 35.3 Å². The van der Waals surface area contributed by atoms with E-state index in [4.69, 9.17) is 0 Å². The van der Waals surface area contributed by atoms with Gasteiger partial charge in [0.05, 0.1) is 12.7 Å². The lowest BCUT2D eigenvalue weighted by molar-refractivity contribution is 0.0600. The van der Waals surface area contributed by atoms with Crippen LogP contribution >= 0.6 is 0 Å². The molecule has 0 N–H and O–H groups in total. The van der Waals surface area contributed by atoms with Gasteiger partial charge in [0, 0.05) is 0 Å². The molecule has 0 atom stereocenters. The molecule has 0 aliphatic heterocycles. The average Bonchev–Trinajstić information content (AvgIpc) is 2.26. The van der Waals surface area contributed by atoms with Crippen LogP contribution in [-0.2, 0) is 4.74 Å². The van der Waals surface area contributed by atoms with E-state index in [1.54, 1.807) is 19.9 Å². The number of carbonyl (C=O) groups is 1. The zero-order chi connectivity index (χ0) is 12.0. The predicted octanol–water partition coefficient (Wildman–Crippen LogP) is 3.26. The van der Waals surface area contributed by atoms with E-state index >= 15 is 0 Å². The minimum absolute atomic E-state index is 0.253. The summed E-state index contributed by atoms with van der Waals surface area (Å²) in [6, 6.07) is 2.80. The van der Waals surface area contributed by atoms with E-state index in [0.717, 1.165) is 5.56 Å². The van der Waals surface area contributed by atoms with Crippen molar-refractivity contribution in [3.8, 4) is 0 Å². The molecule has 0 saturated heterocycles. The molecule has 0 bridgehead atoms. The molecule has 0 saturated carbocycles. The van der Waals surface area contributed by atoms with Gasteiger partial charge in [0.1, 0.15) is 5.82 Å². The van der Waals surface area contributed by atoms with Crippen molar-refractivity contribution in [2.45, 2.75) is 27.7 Å². The molecule has 0 heterocycles. The zero-order valence-electron chi connectivity index (χ0n) is 9.85. The number of esters is 1. The van der Waals surface area contributed by atoms with Crippen LogP contribution in [-0.4, -0.2) is 13.1 Å². The fraction of sp³-hybridized carbons (Fsp3) is 0.417. The van der Waals surface area contributed by atoms with Gasteiger partial charge in [-0.2, -0.15) is 0 Å². The summed E-state index contributed by atoms with van der Waals surface area (Å²) in [5.74, 6) is -0.887. The third-order valence-electron chi connectivity index (χ3n) is 2.03. The Morgan fingerprint density at radius 3 is 2.20 bits per heavy atom. The number of halogens is 1. The highest BCUT2D eigenvalue weighted by Crippen LogP contribution is 2.15. The molecule has 15 heavy (non-hydrogen) atoms. The lowest BCUT2D eigenvalue weighted by Crippen LogP contribution is -2.03. The number of carbonyl (C=O) groups excluding carboxylic acids is 1. The van der Waals surface area contributed by atoms with Crippen molar-refractivity contribution >= 4 is 5.97 Å². The van der Waals surface area contributed by atoms with Gasteiger partial charge in [0.15, 0.2) is 0 Å². The number of rotatable bonds is 1. The maximum absolute atomic E-state index is 13.1. The number of aryl methyl sites for hydroxylation is 1. The van der Waals surface area contributed by atoms with E-state index in [0.29, 0.717) is 5.56 Å². The molecular weight excluding hydrogens is 195 g/mol. The number of ether oxygens (including phenoxy) is 1. The highest BCUT2D eigenvalue weighted by atomic mass is 19.1. The van der Waals surface area contributed by atoms with Crippen LogP contribution in [0.25, 0.3) is 0 Å². The first-order chi connectivity index (χ1) is 7.06. The van der Waals surface area contributed by atoms with E-state index < -0.39 is 5.97 Å². The Hall–Kier alpha value is -1.38. The molecule has 1 aromatic rings. The second-order valence-corrected chi connectivity index (χ2v) is 2.89. The van der Waals surface area contributed by atoms with E-state index in [1.807, 2.05) is 13.8 Å². The van der Waals surface area contributed by atoms with E-state index in [2.05, 4.69) is 4.74 Å². The van der Waals surface area contributed by atoms with Crippen LogP contribution < -0.4 is 0 Å². The molecule has 0 aromatic heterocycles. The van der Waals surface area contributed by atoms with Gasteiger partial charge in [-0.3, -0.25) is 0 Å². The number of methoxy groups -OCH3 is 1. The molecule has 0 unspecified atom stereocenters. The second kappa shape index (κ2) is 6.17. The fourth-order valence-corrected chi connectivity index (χ4v) is 1.05. The first-order valence-electron chi connectivity index (χ1n) is 4.91. The summed E-state index contributed by atoms with van der Waals surface area (Å²) in [4.78, 5) is 11.0. The topological polar surface area (TPSA) is 26.3 Å². The minimum atomic E-state index is -0.512. The Bertz CT molecular complexity index is 322. The summed E-state index contributed by atoms with van der Waals surface area (Å²) < 4.78 is 17.6. The molecule has 2 nitrogen and oxygen atoms in total. The quantitative estimate of drug-likeness (QED) is 0.668. The molecule has 84 valence electrons. The Labute approximate surface area is 90.1 Å². The van der Waals surface area contributed by atoms with Crippen LogP contribution in [0.2, 0.25) is 0 Å². The Morgan fingerprint density at radius 1 is 1.27 bits per heavy atom. The average molecular weight is 212 g/mol. The molecule has 0 aliphatic rings. The van der Waals surface area contributed by atoms with Gasteiger partial charge in [0.25, 0.3) is 0 Å². The Balaban J connectivity index is 0.000000921. The van der Waals surface area contributed by atoms with Gasteiger partial charge in [-0.25, -0.2) is 9.18 Å². The highest BCUT2D eigenvalue weighted by molar-refractivity contribution is 5.89. The van der Waals surface area contributed by atoms with Gasteiger partial charge in [-0.05, 0) is 37.1 Å². The number of hydrogen-bond acceptors (Lipinski definition) is 2. The van der Waals surface area contributed by atoms with E-state index in [1.165, 1.54) is 13.2 Å². The minimum Gasteiger partial charge on any atom is -0.465 e. The fourth-order valence-electron chi connectivity index (χ4n) is 1.05. The maximum Gasteiger partial charge on any atom is 0.337 e. The Kier molecular flexibility index (Phi) is 5.60. The molecule has 0 spiro atoms. The van der Waals surface area contributed by atoms with Crippen LogP contribution in [0, 0.1) is 19.7 Å². The van der Waals surface area contributed by atoms with Crippen LogP contribution in [0.5, 0.6) is 0 Å². The molecular formula is C12H17FO2. The largest absolute Gasteiger partial charge is 0.465 e. The van der Waals surface area contributed by atoms with Crippen molar-refractivity contribution in [1.82, 2.24) is 0 Å². The third-order valence-corrected chi connectivity index (χ3v) is 2.03. The van der Waals surface area contributed by atoms with Gasteiger partial charge < -0.3 is 4.74 Å². The van der Waals surface area contributed by atoms with Crippen LogP contribution in [0.4, 0.5) is 4.39 Å². The lowest BCUT2D eigenvalue weighted by Gasteiger charge is -2.04. The first kappa shape index (κ1) is 13.6. The molecule has 3 heteroatoms. The van der Waals surface area contributed by atoms with Gasteiger partial charge in [0.2, 0.25) is 0 Å². The maximum atomic E-state index is 13.1. The summed E-state index contributed by atoms with van der Waals surface area (Å²) in [5, 5.41) is 0. The lowest BCUT2D eigenvalue weighted by atomic mass is 10.1. The van der Waals surface area contributed by atoms with Crippen molar-refractivity contribution < 1.29 is 13.9 Å².